The molecule has 0 fully saturated rings. The van der Waals surface area contributed by atoms with Crippen molar-refractivity contribution in [2.45, 2.75) is 51.3 Å². The first kappa shape index (κ1) is 35.9. The number of esters is 4. The number of carbonyl (C=O) groups is 4. The summed E-state index contributed by atoms with van der Waals surface area (Å²) in [6.07, 6.45) is 0.526. The van der Waals surface area contributed by atoms with Crippen LogP contribution in [0.15, 0.2) is 36.5 Å². The number of ether oxygens (including phenoxy) is 6. The van der Waals surface area contributed by atoms with Gasteiger partial charge < -0.3 is 48.8 Å². The second-order valence-electron chi connectivity index (χ2n) is 7.79. The largest absolute Gasteiger partial charge is 0.461 e. The van der Waals surface area contributed by atoms with Crippen LogP contribution in [-0.4, -0.2) is 121 Å². The molecule has 0 aromatic heterocycles. The van der Waals surface area contributed by atoms with Crippen LogP contribution in [0.2, 0.25) is 0 Å². The van der Waals surface area contributed by atoms with E-state index in [4.69, 9.17) is 28.4 Å². The highest BCUT2D eigenvalue weighted by molar-refractivity contribution is 5.82. The summed E-state index contributed by atoms with van der Waals surface area (Å²) in [5.74, 6) is -3.24. The number of rotatable bonds is 20. The summed E-state index contributed by atoms with van der Waals surface area (Å²) in [4.78, 5) is 46.8. The Balaban J connectivity index is 5.17. The van der Waals surface area contributed by atoms with Crippen LogP contribution < -0.4 is 0 Å². The van der Waals surface area contributed by atoms with Crippen molar-refractivity contribution in [2.24, 2.45) is 0 Å². The Labute approximate surface area is 226 Å². The van der Waals surface area contributed by atoms with E-state index in [1.807, 2.05) is 0 Å². The van der Waals surface area contributed by atoms with E-state index in [0.717, 1.165) is 18.2 Å². The minimum Gasteiger partial charge on any atom is -0.461 e. The molecule has 0 aliphatic carbocycles. The van der Waals surface area contributed by atoms with Crippen molar-refractivity contribution >= 4 is 23.9 Å². The summed E-state index contributed by atoms with van der Waals surface area (Å²) in [7, 11) is 0. The lowest BCUT2D eigenvalue weighted by Crippen LogP contribution is -2.45. The van der Waals surface area contributed by atoms with Gasteiger partial charge in [0.25, 0.3) is 0 Å². The number of allylic oxidation sites excluding steroid dienone is 3. The highest BCUT2D eigenvalue weighted by Gasteiger charge is 2.33. The zero-order valence-corrected chi connectivity index (χ0v) is 22.2. The Morgan fingerprint density at radius 1 is 0.590 bits per heavy atom. The Kier molecular flexibility index (Phi) is 20.0. The fraction of sp³-hybridized carbons (Fsp3) is 0.600. The lowest BCUT2D eigenvalue weighted by atomic mass is 10.2. The normalized spacial score (nSPS) is 15.6. The molecule has 14 nitrogen and oxygen atoms in total. The zero-order chi connectivity index (χ0) is 29.6. The molecule has 4 N–H and O–H groups in total. The third-order valence-electron chi connectivity index (χ3n) is 4.30. The second kappa shape index (κ2) is 21.8. The van der Waals surface area contributed by atoms with Gasteiger partial charge in [-0.25, -0.2) is 19.2 Å². The predicted octanol–water partition coefficient (Wildman–Crippen LogP) is -1.27. The summed E-state index contributed by atoms with van der Waals surface area (Å²) in [6.45, 7) is 0.933. The molecule has 0 aromatic carbocycles. The van der Waals surface area contributed by atoms with Gasteiger partial charge in [-0.15, -0.1) is 0 Å². The molecule has 14 heteroatoms. The van der Waals surface area contributed by atoms with Crippen LogP contribution in [0.3, 0.4) is 0 Å². The first-order valence-corrected chi connectivity index (χ1v) is 12.0. The first-order chi connectivity index (χ1) is 18.6. The molecule has 0 aliphatic heterocycles. The van der Waals surface area contributed by atoms with Gasteiger partial charge in [-0.2, -0.15) is 0 Å². The quantitative estimate of drug-likeness (QED) is 0.0776. The van der Waals surface area contributed by atoms with Gasteiger partial charge in [0.15, 0.2) is 6.10 Å². The molecule has 3 unspecified atom stereocenters. The highest BCUT2D eigenvalue weighted by Crippen LogP contribution is 2.10. The molecular weight excluding hydrogens is 524 g/mol. The number of aliphatic hydroxyl groups excluding tert-OH is 4. The van der Waals surface area contributed by atoms with E-state index >= 15 is 0 Å². The van der Waals surface area contributed by atoms with Crippen LogP contribution in [0.1, 0.15) is 20.8 Å². The van der Waals surface area contributed by atoms with Gasteiger partial charge in [0.1, 0.15) is 50.8 Å². The van der Waals surface area contributed by atoms with E-state index in [9.17, 15) is 39.6 Å². The molecule has 0 bridgehead atoms. The molecule has 0 aromatic rings. The zero-order valence-electron chi connectivity index (χ0n) is 22.2. The first-order valence-electron chi connectivity index (χ1n) is 12.0. The van der Waals surface area contributed by atoms with Crippen molar-refractivity contribution < 1.29 is 68.0 Å². The Morgan fingerprint density at radius 3 is 1.33 bits per heavy atom. The number of hydrogen-bond donors (Lipinski definition) is 4. The fourth-order valence-electron chi connectivity index (χ4n) is 2.50. The Hall–Kier alpha value is -3.14. The number of carbonyl (C=O) groups excluding carboxylic acids is 4. The standard InChI is InChI=1S/C25H38O14/c1-4-7-21(30)35-12-17(27)11-34-20(10-26)24(38-15-18(28)13-36-22(31)8-5-2)25(33)39-16-19(29)14-37-23(32)9-6-3/h4-9,17-20,24,26-29H,10-16H2,1-3H3/t17?,18?,19?,20-,24+/m1/s1. The van der Waals surface area contributed by atoms with E-state index in [2.05, 4.69) is 0 Å². The average molecular weight is 563 g/mol. The number of hydrogen-bond acceptors (Lipinski definition) is 14. The number of aliphatic hydroxyl groups is 4. The van der Waals surface area contributed by atoms with Gasteiger partial charge in [0, 0.05) is 18.2 Å². The van der Waals surface area contributed by atoms with Gasteiger partial charge >= 0.3 is 23.9 Å². The van der Waals surface area contributed by atoms with Crippen LogP contribution in [0.25, 0.3) is 0 Å². The van der Waals surface area contributed by atoms with Crippen LogP contribution in [-0.2, 0) is 47.6 Å². The maximum atomic E-state index is 12.7. The topological polar surface area (TPSA) is 205 Å². The molecule has 0 spiro atoms. The van der Waals surface area contributed by atoms with Crippen molar-refractivity contribution in [3.63, 3.8) is 0 Å². The molecule has 0 amide bonds. The van der Waals surface area contributed by atoms with E-state index in [0.29, 0.717) is 0 Å². The summed E-state index contributed by atoms with van der Waals surface area (Å²) in [5, 5.41) is 39.7. The van der Waals surface area contributed by atoms with Crippen molar-refractivity contribution in [3.8, 4) is 0 Å². The Morgan fingerprint density at radius 2 is 0.949 bits per heavy atom. The van der Waals surface area contributed by atoms with E-state index in [1.165, 1.54) is 18.2 Å². The highest BCUT2D eigenvalue weighted by atomic mass is 16.6. The molecule has 0 saturated carbocycles. The molecule has 0 saturated heterocycles. The maximum absolute atomic E-state index is 12.7. The van der Waals surface area contributed by atoms with Crippen molar-refractivity contribution in [3.05, 3.63) is 36.5 Å². The molecular formula is C25H38O14. The molecule has 0 heterocycles. The van der Waals surface area contributed by atoms with Gasteiger partial charge in [-0.3, -0.25) is 0 Å². The van der Waals surface area contributed by atoms with Crippen LogP contribution in [0.5, 0.6) is 0 Å². The van der Waals surface area contributed by atoms with Crippen LogP contribution in [0, 0.1) is 0 Å². The molecule has 0 radical (unpaired) electrons. The van der Waals surface area contributed by atoms with E-state index in [-0.39, 0.29) is 0 Å². The van der Waals surface area contributed by atoms with Crippen molar-refractivity contribution in [2.75, 3.05) is 46.2 Å². The third kappa shape index (κ3) is 17.9. The van der Waals surface area contributed by atoms with E-state index < -0.39 is 101 Å². The van der Waals surface area contributed by atoms with Gasteiger partial charge in [-0.1, -0.05) is 18.2 Å². The lowest BCUT2D eigenvalue weighted by molar-refractivity contribution is -0.182. The minimum atomic E-state index is -1.67. The molecule has 222 valence electrons. The molecule has 39 heavy (non-hydrogen) atoms. The van der Waals surface area contributed by atoms with Gasteiger partial charge in [0.05, 0.1) is 19.8 Å². The predicted molar refractivity (Wildman–Crippen MR) is 133 cm³/mol. The molecule has 0 aliphatic rings. The maximum Gasteiger partial charge on any atom is 0.338 e. The minimum absolute atomic E-state index is 0.439. The van der Waals surface area contributed by atoms with Crippen LogP contribution >= 0.6 is 0 Å². The Bertz CT molecular complexity index is 822. The van der Waals surface area contributed by atoms with Crippen molar-refractivity contribution in [1.82, 2.24) is 0 Å². The van der Waals surface area contributed by atoms with Crippen molar-refractivity contribution in [1.29, 1.82) is 0 Å². The summed E-state index contributed by atoms with van der Waals surface area (Å²) < 4.78 is 30.1. The van der Waals surface area contributed by atoms with E-state index in [1.54, 1.807) is 20.8 Å². The smallest absolute Gasteiger partial charge is 0.338 e. The van der Waals surface area contributed by atoms with Gasteiger partial charge in [-0.05, 0) is 20.8 Å². The third-order valence-corrected chi connectivity index (χ3v) is 4.30. The van der Waals surface area contributed by atoms with Crippen LogP contribution in [0.4, 0.5) is 0 Å². The fourth-order valence-corrected chi connectivity index (χ4v) is 2.50. The SMILES string of the molecule is CC=CC(=O)OCC(O)COC(=O)[C@@H](OCC(O)COC(=O)C=CC)[C@@H](CO)OCC(O)COC(=O)C=CC. The lowest BCUT2D eigenvalue weighted by Gasteiger charge is -2.26. The van der Waals surface area contributed by atoms with Gasteiger partial charge in [0.2, 0.25) is 0 Å². The summed E-state index contributed by atoms with van der Waals surface area (Å²) in [5.41, 5.74) is 0. The summed E-state index contributed by atoms with van der Waals surface area (Å²) in [6, 6.07) is 0. The molecule has 0 rings (SSSR count). The average Bonchev–Trinajstić information content (AvgIpc) is 2.90. The second-order valence-corrected chi connectivity index (χ2v) is 7.79. The summed E-state index contributed by atoms with van der Waals surface area (Å²) >= 11 is 0. The monoisotopic (exact) mass is 562 g/mol. The molecule has 5 atom stereocenters.